The minimum atomic E-state index is -3.47. The number of nitriles is 1. The van der Waals surface area contributed by atoms with Crippen LogP contribution in [-0.4, -0.2) is 49.2 Å². The first-order valence-corrected chi connectivity index (χ1v) is 9.72. The summed E-state index contributed by atoms with van der Waals surface area (Å²) < 4.78 is 30.0. The molecule has 26 heavy (non-hydrogen) atoms. The first-order valence-electron chi connectivity index (χ1n) is 8.07. The van der Waals surface area contributed by atoms with Gasteiger partial charge in [0.25, 0.3) is 0 Å². The third-order valence-electron chi connectivity index (χ3n) is 4.06. The van der Waals surface area contributed by atoms with Gasteiger partial charge in [-0.3, -0.25) is 4.79 Å². The molecule has 1 aliphatic heterocycles. The van der Waals surface area contributed by atoms with E-state index in [0.717, 1.165) is 0 Å². The third-order valence-corrected chi connectivity index (χ3v) is 5.79. The van der Waals surface area contributed by atoms with E-state index in [-0.39, 0.29) is 35.0 Å². The summed E-state index contributed by atoms with van der Waals surface area (Å²) >= 11 is 0. The summed E-state index contributed by atoms with van der Waals surface area (Å²) in [5.74, 6) is -0.207. The maximum absolute atomic E-state index is 12.2. The molecule has 1 aliphatic rings. The first kappa shape index (κ1) is 17.9. The quantitative estimate of drug-likeness (QED) is 0.761. The standard InChI is InChI=1S/C18H17N3O4S/c19-11-14-5-4-9-20-18(14)25-15-12-21(13-15)17(22)8-10-26(23,24)16-6-2-1-3-7-16/h1-7,9,15H,8,10,12-13H2. The fourth-order valence-corrected chi connectivity index (χ4v) is 3.82. The lowest BCUT2D eigenvalue weighted by Crippen LogP contribution is -2.56. The number of hydrogen-bond acceptors (Lipinski definition) is 6. The number of pyridine rings is 1. The molecule has 0 unspecified atom stereocenters. The van der Waals surface area contributed by atoms with Gasteiger partial charge in [0.2, 0.25) is 11.8 Å². The van der Waals surface area contributed by atoms with Crippen molar-refractivity contribution in [3.8, 4) is 11.9 Å². The molecule has 0 radical (unpaired) electrons. The number of amides is 1. The molecular weight excluding hydrogens is 354 g/mol. The monoisotopic (exact) mass is 371 g/mol. The molecule has 2 aromatic rings. The second-order valence-electron chi connectivity index (χ2n) is 5.89. The van der Waals surface area contributed by atoms with Gasteiger partial charge in [0.15, 0.2) is 9.84 Å². The number of nitrogens with zero attached hydrogens (tertiary/aromatic N) is 3. The molecule has 8 heteroatoms. The number of sulfone groups is 1. The number of hydrogen-bond donors (Lipinski definition) is 0. The van der Waals surface area contributed by atoms with Crippen LogP contribution in [0.4, 0.5) is 0 Å². The van der Waals surface area contributed by atoms with Crippen molar-refractivity contribution in [3.63, 3.8) is 0 Å². The lowest BCUT2D eigenvalue weighted by Gasteiger charge is -2.38. The van der Waals surface area contributed by atoms with Crippen LogP contribution in [0.15, 0.2) is 53.6 Å². The molecule has 0 aliphatic carbocycles. The van der Waals surface area contributed by atoms with E-state index in [2.05, 4.69) is 4.98 Å². The van der Waals surface area contributed by atoms with Crippen LogP contribution >= 0.6 is 0 Å². The lowest BCUT2D eigenvalue weighted by molar-refractivity contribution is -0.139. The third kappa shape index (κ3) is 4.00. The molecule has 3 rings (SSSR count). The van der Waals surface area contributed by atoms with E-state index in [1.54, 1.807) is 35.2 Å². The van der Waals surface area contributed by atoms with Gasteiger partial charge in [-0.1, -0.05) is 18.2 Å². The molecule has 0 bridgehead atoms. The van der Waals surface area contributed by atoms with Crippen molar-refractivity contribution in [1.29, 1.82) is 5.26 Å². The molecular formula is C18H17N3O4S. The predicted molar refractivity (Wildman–Crippen MR) is 93.1 cm³/mol. The highest BCUT2D eigenvalue weighted by molar-refractivity contribution is 7.91. The van der Waals surface area contributed by atoms with Crippen LogP contribution in [0.1, 0.15) is 12.0 Å². The summed E-state index contributed by atoms with van der Waals surface area (Å²) in [6.45, 7) is 0.706. The predicted octanol–water partition coefficient (Wildman–Crippen LogP) is 1.41. The SMILES string of the molecule is N#Cc1cccnc1OC1CN(C(=O)CCS(=O)(=O)c2ccccc2)C1. The molecule has 2 heterocycles. The summed E-state index contributed by atoms with van der Waals surface area (Å²) in [4.78, 5) is 17.9. The van der Waals surface area contributed by atoms with Crippen LogP contribution in [-0.2, 0) is 14.6 Å². The van der Waals surface area contributed by atoms with Crippen LogP contribution in [0.2, 0.25) is 0 Å². The minimum Gasteiger partial charge on any atom is -0.470 e. The number of aromatic nitrogens is 1. The average molecular weight is 371 g/mol. The fraction of sp³-hybridized carbons (Fsp3) is 0.278. The van der Waals surface area contributed by atoms with E-state index in [0.29, 0.717) is 18.7 Å². The van der Waals surface area contributed by atoms with Gasteiger partial charge in [-0.15, -0.1) is 0 Å². The Hall–Kier alpha value is -2.92. The van der Waals surface area contributed by atoms with Crippen LogP contribution in [0.3, 0.4) is 0 Å². The average Bonchev–Trinajstić information content (AvgIpc) is 2.63. The molecule has 1 aromatic heterocycles. The van der Waals surface area contributed by atoms with Crippen molar-refractivity contribution in [2.24, 2.45) is 0 Å². The summed E-state index contributed by atoms with van der Waals surface area (Å²) in [7, 11) is -3.47. The topological polar surface area (TPSA) is 100 Å². The van der Waals surface area contributed by atoms with Crippen molar-refractivity contribution >= 4 is 15.7 Å². The zero-order valence-corrected chi connectivity index (χ0v) is 14.7. The largest absolute Gasteiger partial charge is 0.470 e. The summed E-state index contributed by atoms with van der Waals surface area (Å²) in [5, 5.41) is 9.01. The molecule has 0 N–H and O–H groups in total. The normalized spacial score (nSPS) is 14.3. The Balaban J connectivity index is 1.49. The van der Waals surface area contributed by atoms with Crippen molar-refractivity contribution in [3.05, 3.63) is 54.2 Å². The molecule has 0 atom stereocenters. The molecule has 0 saturated carbocycles. The maximum atomic E-state index is 12.2. The van der Waals surface area contributed by atoms with Crippen LogP contribution in [0.25, 0.3) is 0 Å². The molecule has 7 nitrogen and oxygen atoms in total. The Bertz CT molecular complexity index is 932. The Kier molecular flexibility index (Phi) is 5.19. The minimum absolute atomic E-state index is 0.0724. The van der Waals surface area contributed by atoms with Crippen LogP contribution < -0.4 is 4.74 Å². The molecule has 134 valence electrons. The number of benzene rings is 1. The van der Waals surface area contributed by atoms with Gasteiger partial charge in [0.1, 0.15) is 17.7 Å². The van der Waals surface area contributed by atoms with Crippen LogP contribution in [0.5, 0.6) is 5.88 Å². The number of carbonyl (C=O) groups excluding carboxylic acids is 1. The van der Waals surface area contributed by atoms with Gasteiger partial charge >= 0.3 is 0 Å². The Morgan fingerprint density at radius 1 is 1.23 bits per heavy atom. The molecule has 1 fully saturated rings. The molecule has 1 saturated heterocycles. The van der Waals surface area contributed by atoms with Gasteiger partial charge in [-0.25, -0.2) is 13.4 Å². The Morgan fingerprint density at radius 3 is 2.65 bits per heavy atom. The number of carbonyl (C=O) groups is 1. The highest BCUT2D eigenvalue weighted by Crippen LogP contribution is 2.20. The van der Waals surface area contributed by atoms with E-state index < -0.39 is 9.84 Å². The van der Waals surface area contributed by atoms with Crippen molar-refractivity contribution in [2.75, 3.05) is 18.8 Å². The molecule has 1 amide bonds. The number of ether oxygens (including phenoxy) is 1. The summed E-state index contributed by atoms with van der Waals surface area (Å²) in [5.41, 5.74) is 0.339. The van der Waals surface area contributed by atoms with Crippen molar-refractivity contribution in [2.45, 2.75) is 17.4 Å². The zero-order valence-electron chi connectivity index (χ0n) is 13.9. The first-order chi connectivity index (χ1) is 12.5. The fourth-order valence-electron chi connectivity index (χ4n) is 2.57. The highest BCUT2D eigenvalue weighted by atomic mass is 32.2. The van der Waals surface area contributed by atoms with Gasteiger partial charge in [0.05, 0.1) is 23.7 Å². The smallest absolute Gasteiger partial charge is 0.232 e. The van der Waals surface area contributed by atoms with Gasteiger partial charge in [0, 0.05) is 12.6 Å². The molecule has 1 aromatic carbocycles. The van der Waals surface area contributed by atoms with Gasteiger partial charge < -0.3 is 9.64 Å². The van der Waals surface area contributed by atoms with E-state index in [9.17, 15) is 13.2 Å². The van der Waals surface area contributed by atoms with E-state index in [1.807, 2.05) is 6.07 Å². The van der Waals surface area contributed by atoms with Gasteiger partial charge in [-0.2, -0.15) is 5.26 Å². The van der Waals surface area contributed by atoms with E-state index in [4.69, 9.17) is 10.00 Å². The van der Waals surface area contributed by atoms with E-state index in [1.165, 1.54) is 18.3 Å². The second-order valence-corrected chi connectivity index (χ2v) is 8.00. The number of likely N-dealkylation sites (tertiary alicyclic amines) is 1. The maximum Gasteiger partial charge on any atom is 0.232 e. The van der Waals surface area contributed by atoms with E-state index >= 15 is 0 Å². The molecule has 0 spiro atoms. The summed E-state index contributed by atoms with van der Waals surface area (Å²) in [6.07, 6.45) is 1.22. The summed E-state index contributed by atoms with van der Waals surface area (Å²) in [6, 6.07) is 13.3. The Morgan fingerprint density at radius 2 is 1.96 bits per heavy atom. The van der Waals surface area contributed by atoms with Crippen molar-refractivity contribution in [1.82, 2.24) is 9.88 Å². The van der Waals surface area contributed by atoms with Crippen LogP contribution in [0, 0.1) is 11.3 Å². The highest BCUT2D eigenvalue weighted by Gasteiger charge is 2.33. The lowest BCUT2D eigenvalue weighted by atomic mass is 10.1. The van der Waals surface area contributed by atoms with Crippen molar-refractivity contribution < 1.29 is 17.9 Å². The number of rotatable bonds is 6. The second kappa shape index (κ2) is 7.54. The Labute approximate surface area is 151 Å². The zero-order chi connectivity index (χ0) is 18.6. The van der Waals surface area contributed by atoms with Gasteiger partial charge in [-0.05, 0) is 24.3 Å².